The summed E-state index contributed by atoms with van der Waals surface area (Å²) in [5.41, 5.74) is 3.94. The molecule has 0 aromatic heterocycles. The minimum Gasteiger partial charge on any atom is -0.465 e. The Hall–Kier alpha value is -3.40. The second kappa shape index (κ2) is 8.32. The molecule has 0 atom stereocenters. The van der Waals surface area contributed by atoms with E-state index in [-0.39, 0.29) is 6.61 Å². The van der Waals surface area contributed by atoms with Gasteiger partial charge in [0.25, 0.3) is 0 Å². The summed E-state index contributed by atoms with van der Waals surface area (Å²) in [6, 6.07) is 22.0. The van der Waals surface area contributed by atoms with Crippen molar-refractivity contribution in [3.63, 3.8) is 0 Å². The highest BCUT2D eigenvalue weighted by molar-refractivity contribution is 6.03. The zero-order chi connectivity index (χ0) is 19.2. The molecule has 0 unspecified atom stereocenters. The third-order valence-corrected chi connectivity index (χ3v) is 4.31. The monoisotopic (exact) mass is 360 g/mol. The Labute approximate surface area is 158 Å². The van der Waals surface area contributed by atoms with Crippen LogP contribution in [0.4, 0.5) is 0 Å². The summed E-state index contributed by atoms with van der Waals surface area (Å²) in [5.74, 6) is -0.880. The molecule has 27 heavy (non-hydrogen) atoms. The standard InChI is InChI=1S/C23H20O4/c1-16-9-8-14-20(23(25)27-15-17-10-4-3-5-11-17)21(16)18-12-6-7-13-19(18)22(24)26-2/h3-14H,15H2,1-2H3. The van der Waals surface area contributed by atoms with Crippen molar-refractivity contribution in [1.29, 1.82) is 0 Å². The van der Waals surface area contributed by atoms with Crippen molar-refractivity contribution in [2.45, 2.75) is 13.5 Å². The number of aryl methyl sites for hydroxylation is 1. The normalized spacial score (nSPS) is 10.3. The molecule has 0 saturated carbocycles. The first kappa shape index (κ1) is 18.4. The third kappa shape index (κ3) is 4.06. The molecule has 0 aliphatic heterocycles. The lowest BCUT2D eigenvalue weighted by atomic mass is 9.91. The van der Waals surface area contributed by atoms with Crippen LogP contribution >= 0.6 is 0 Å². The van der Waals surface area contributed by atoms with Gasteiger partial charge in [0, 0.05) is 0 Å². The fourth-order valence-corrected chi connectivity index (χ4v) is 2.99. The smallest absolute Gasteiger partial charge is 0.339 e. The molecule has 0 fully saturated rings. The summed E-state index contributed by atoms with van der Waals surface area (Å²) < 4.78 is 10.4. The highest BCUT2D eigenvalue weighted by atomic mass is 16.5. The Bertz CT molecular complexity index is 961. The third-order valence-electron chi connectivity index (χ3n) is 4.31. The Morgan fingerprint density at radius 2 is 1.44 bits per heavy atom. The van der Waals surface area contributed by atoms with E-state index in [1.165, 1.54) is 7.11 Å². The molecule has 0 aliphatic carbocycles. The lowest BCUT2D eigenvalue weighted by Gasteiger charge is -2.15. The van der Waals surface area contributed by atoms with Gasteiger partial charge >= 0.3 is 11.9 Å². The predicted molar refractivity (Wildman–Crippen MR) is 104 cm³/mol. The minimum absolute atomic E-state index is 0.186. The van der Waals surface area contributed by atoms with Crippen LogP contribution in [0.25, 0.3) is 11.1 Å². The SMILES string of the molecule is COC(=O)c1ccccc1-c1c(C)cccc1C(=O)OCc1ccccc1. The van der Waals surface area contributed by atoms with E-state index >= 15 is 0 Å². The van der Waals surface area contributed by atoms with Crippen molar-refractivity contribution in [1.82, 2.24) is 0 Å². The number of hydrogen-bond donors (Lipinski definition) is 0. The van der Waals surface area contributed by atoms with Crippen LogP contribution in [0.15, 0.2) is 72.8 Å². The van der Waals surface area contributed by atoms with Gasteiger partial charge in [-0.3, -0.25) is 0 Å². The van der Waals surface area contributed by atoms with Gasteiger partial charge in [-0.15, -0.1) is 0 Å². The Kier molecular flexibility index (Phi) is 5.67. The topological polar surface area (TPSA) is 52.6 Å². The molecule has 0 saturated heterocycles. The van der Waals surface area contributed by atoms with E-state index in [1.807, 2.05) is 55.5 Å². The number of esters is 2. The average Bonchev–Trinajstić information content (AvgIpc) is 2.72. The van der Waals surface area contributed by atoms with Gasteiger partial charge in [-0.2, -0.15) is 0 Å². The number of carbonyl (C=O) groups excluding carboxylic acids is 2. The maximum absolute atomic E-state index is 12.8. The van der Waals surface area contributed by atoms with Gasteiger partial charge in [0.2, 0.25) is 0 Å². The van der Waals surface area contributed by atoms with Gasteiger partial charge in [0.05, 0.1) is 18.2 Å². The second-order valence-electron chi connectivity index (χ2n) is 6.10. The molecule has 4 nitrogen and oxygen atoms in total. The number of hydrogen-bond acceptors (Lipinski definition) is 4. The van der Waals surface area contributed by atoms with E-state index in [1.54, 1.807) is 24.3 Å². The quantitative estimate of drug-likeness (QED) is 0.613. The predicted octanol–water partition coefficient (Wildman–Crippen LogP) is 4.81. The van der Waals surface area contributed by atoms with E-state index in [0.29, 0.717) is 22.3 Å². The summed E-state index contributed by atoms with van der Waals surface area (Å²) in [7, 11) is 1.34. The van der Waals surface area contributed by atoms with Crippen molar-refractivity contribution in [3.8, 4) is 11.1 Å². The second-order valence-corrected chi connectivity index (χ2v) is 6.10. The maximum Gasteiger partial charge on any atom is 0.339 e. The van der Waals surface area contributed by atoms with Crippen LogP contribution in [0.2, 0.25) is 0 Å². The van der Waals surface area contributed by atoms with Crippen LogP contribution in [0, 0.1) is 6.92 Å². The lowest BCUT2D eigenvalue weighted by Crippen LogP contribution is -2.10. The number of ether oxygens (including phenoxy) is 2. The number of carbonyl (C=O) groups is 2. The van der Waals surface area contributed by atoms with Crippen LogP contribution in [-0.2, 0) is 16.1 Å². The van der Waals surface area contributed by atoms with Crippen LogP contribution in [0.5, 0.6) is 0 Å². The molecular formula is C23H20O4. The highest BCUT2D eigenvalue weighted by Gasteiger charge is 2.21. The number of methoxy groups -OCH3 is 1. The van der Waals surface area contributed by atoms with Crippen molar-refractivity contribution in [2.75, 3.05) is 7.11 Å². The van der Waals surface area contributed by atoms with Crippen LogP contribution in [0.1, 0.15) is 31.8 Å². The summed E-state index contributed by atoms with van der Waals surface area (Å²) in [6.45, 7) is 2.09. The van der Waals surface area contributed by atoms with Crippen molar-refractivity contribution in [3.05, 3.63) is 95.1 Å². The molecule has 0 heterocycles. The molecule has 0 amide bonds. The first-order valence-corrected chi connectivity index (χ1v) is 8.60. The molecule has 0 spiro atoms. The van der Waals surface area contributed by atoms with E-state index < -0.39 is 11.9 Å². The lowest BCUT2D eigenvalue weighted by molar-refractivity contribution is 0.0472. The molecule has 3 rings (SSSR count). The van der Waals surface area contributed by atoms with Crippen LogP contribution in [-0.4, -0.2) is 19.0 Å². The minimum atomic E-state index is -0.447. The molecule has 0 aliphatic rings. The summed E-state index contributed by atoms with van der Waals surface area (Å²) >= 11 is 0. The van der Waals surface area contributed by atoms with E-state index in [4.69, 9.17) is 9.47 Å². The van der Waals surface area contributed by atoms with Gasteiger partial charge in [0.1, 0.15) is 6.61 Å². The van der Waals surface area contributed by atoms with Gasteiger partial charge in [-0.1, -0.05) is 60.7 Å². The number of rotatable bonds is 5. The Morgan fingerprint density at radius 1 is 0.778 bits per heavy atom. The molecule has 0 bridgehead atoms. The molecule has 3 aromatic rings. The summed E-state index contributed by atoms with van der Waals surface area (Å²) in [6.07, 6.45) is 0. The van der Waals surface area contributed by atoms with Crippen molar-refractivity contribution >= 4 is 11.9 Å². The van der Waals surface area contributed by atoms with Gasteiger partial charge in [-0.05, 0) is 41.3 Å². The fourth-order valence-electron chi connectivity index (χ4n) is 2.99. The Morgan fingerprint density at radius 3 is 2.19 bits per heavy atom. The maximum atomic E-state index is 12.8. The largest absolute Gasteiger partial charge is 0.465 e. The fraction of sp³-hybridized carbons (Fsp3) is 0.130. The molecular weight excluding hydrogens is 340 g/mol. The molecule has 4 heteroatoms. The highest BCUT2D eigenvalue weighted by Crippen LogP contribution is 2.31. The first-order chi connectivity index (χ1) is 13.1. The first-order valence-electron chi connectivity index (χ1n) is 8.60. The van der Waals surface area contributed by atoms with Crippen molar-refractivity contribution < 1.29 is 19.1 Å². The van der Waals surface area contributed by atoms with Gasteiger partial charge < -0.3 is 9.47 Å². The molecule has 0 radical (unpaired) electrons. The zero-order valence-corrected chi connectivity index (χ0v) is 15.3. The van der Waals surface area contributed by atoms with E-state index in [9.17, 15) is 9.59 Å². The van der Waals surface area contributed by atoms with E-state index in [0.717, 1.165) is 11.1 Å². The van der Waals surface area contributed by atoms with Crippen LogP contribution in [0.3, 0.4) is 0 Å². The molecule has 0 N–H and O–H groups in total. The number of benzene rings is 3. The summed E-state index contributed by atoms with van der Waals surface area (Å²) in [5, 5.41) is 0. The molecule has 136 valence electrons. The molecule has 3 aromatic carbocycles. The van der Waals surface area contributed by atoms with E-state index in [2.05, 4.69) is 0 Å². The van der Waals surface area contributed by atoms with Gasteiger partial charge in [-0.25, -0.2) is 9.59 Å². The zero-order valence-electron chi connectivity index (χ0n) is 15.3. The Balaban J connectivity index is 1.99. The summed E-state index contributed by atoms with van der Waals surface area (Å²) in [4.78, 5) is 24.9. The van der Waals surface area contributed by atoms with Crippen LogP contribution < -0.4 is 0 Å². The van der Waals surface area contributed by atoms with Gasteiger partial charge in [0.15, 0.2) is 0 Å². The average molecular weight is 360 g/mol. The van der Waals surface area contributed by atoms with Crippen molar-refractivity contribution in [2.24, 2.45) is 0 Å².